The lowest BCUT2D eigenvalue weighted by atomic mass is 10.1. The van der Waals surface area contributed by atoms with Gasteiger partial charge in [-0.1, -0.05) is 66.7 Å². The first-order valence-electron chi connectivity index (χ1n) is 9.64. The molecule has 0 aromatic heterocycles. The Bertz CT molecular complexity index is 1000. The van der Waals surface area contributed by atoms with Gasteiger partial charge in [-0.25, -0.2) is 4.39 Å². The number of carbonyl (C=O) groups is 1. The van der Waals surface area contributed by atoms with Crippen LogP contribution in [0.1, 0.15) is 5.56 Å². The highest BCUT2D eigenvalue weighted by Gasteiger charge is 2.35. The molecule has 0 atom stereocenters. The molecule has 0 fully saturated rings. The Morgan fingerprint density at radius 3 is 1.43 bits per heavy atom. The van der Waals surface area contributed by atoms with Crippen LogP contribution in [0.25, 0.3) is 0 Å². The summed E-state index contributed by atoms with van der Waals surface area (Å²) in [6.45, 7) is 0. The molecule has 0 aliphatic carbocycles. The first kappa shape index (κ1) is 19.9. The maximum absolute atomic E-state index is 13.2. The number of halogens is 1. The highest BCUT2D eigenvalue weighted by atomic mass is 32.3. The van der Waals surface area contributed by atoms with Crippen molar-refractivity contribution in [1.29, 1.82) is 0 Å². The van der Waals surface area contributed by atoms with Crippen molar-refractivity contribution in [3.05, 3.63) is 127 Å². The van der Waals surface area contributed by atoms with Gasteiger partial charge in [0.2, 0.25) is 0 Å². The molecule has 0 amide bonds. The van der Waals surface area contributed by atoms with Gasteiger partial charge in [-0.05, 0) is 64.4 Å². The van der Waals surface area contributed by atoms with Crippen LogP contribution in [0.15, 0.2) is 130 Å². The monoisotopic (exact) mass is 416 g/mol. The van der Waals surface area contributed by atoms with Crippen molar-refractivity contribution in [2.75, 3.05) is 0 Å². The lowest BCUT2D eigenvalue weighted by molar-refractivity contribution is -0.132. The maximum atomic E-state index is 13.2. The summed E-state index contributed by atoms with van der Waals surface area (Å²) in [5.74, 6) is -0.682. The third kappa shape index (κ3) is 4.14. The number of carbonyl (C=O) groups excluding carboxylic acids is 1. The predicted molar refractivity (Wildman–Crippen MR) is 118 cm³/mol. The minimum Gasteiger partial charge on any atom is -0.402 e. The second kappa shape index (κ2) is 8.97. The van der Waals surface area contributed by atoms with E-state index >= 15 is 0 Å². The molecule has 0 spiro atoms. The van der Waals surface area contributed by atoms with Gasteiger partial charge in [0.05, 0.1) is 6.42 Å². The molecule has 4 rings (SSSR count). The Hall–Kier alpha value is -3.37. The Labute approximate surface area is 177 Å². The summed E-state index contributed by atoms with van der Waals surface area (Å²) in [5.41, 5.74) is 0.712. The first-order valence-corrected chi connectivity index (χ1v) is 11.2. The minimum absolute atomic E-state index is 0.0710. The van der Waals surface area contributed by atoms with Crippen LogP contribution in [0, 0.1) is 5.82 Å². The Balaban J connectivity index is 1.82. The molecular weight excluding hydrogens is 395 g/mol. The van der Waals surface area contributed by atoms with E-state index in [4.69, 9.17) is 4.18 Å². The molecule has 4 aromatic rings. The average Bonchev–Trinajstić information content (AvgIpc) is 2.81. The van der Waals surface area contributed by atoms with E-state index in [-0.39, 0.29) is 18.2 Å². The molecule has 0 aliphatic rings. The van der Waals surface area contributed by atoms with E-state index in [1.807, 2.05) is 91.0 Å². The molecule has 0 N–H and O–H groups in total. The third-order valence-electron chi connectivity index (χ3n) is 4.71. The Kier molecular flexibility index (Phi) is 5.96. The van der Waals surface area contributed by atoms with Crippen LogP contribution in [0.2, 0.25) is 0 Å². The molecule has 0 saturated heterocycles. The lowest BCUT2D eigenvalue weighted by Crippen LogP contribution is -2.15. The van der Waals surface area contributed by atoms with Gasteiger partial charge in [0.25, 0.3) is 0 Å². The fourth-order valence-corrected chi connectivity index (χ4v) is 6.39. The van der Waals surface area contributed by atoms with E-state index in [2.05, 4.69) is 0 Å². The van der Waals surface area contributed by atoms with Gasteiger partial charge < -0.3 is 4.18 Å². The van der Waals surface area contributed by atoms with Crippen molar-refractivity contribution in [3.8, 4) is 0 Å². The van der Waals surface area contributed by atoms with E-state index in [1.165, 1.54) is 12.1 Å². The van der Waals surface area contributed by atoms with Gasteiger partial charge in [-0.2, -0.15) is 0 Å². The predicted octanol–water partition coefficient (Wildman–Crippen LogP) is 6.81. The van der Waals surface area contributed by atoms with Crippen molar-refractivity contribution in [2.45, 2.75) is 21.1 Å². The molecule has 0 radical (unpaired) electrons. The van der Waals surface area contributed by atoms with Crippen molar-refractivity contribution in [1.82, 2.24) is 0 Å². The molecule has 4 aromatic carbocycles. The molecular formula is C26H21FO2S. The third-order valence-corrected chi connectivity index (χ3v) is 7.95. The van der Waals surface area contributed by atoms with Crippen LogP contribution in [0.3, 0.4) is 0 Å². The fourth-order valence-electron chi connectivity index (χ4n) is 3.33. The van der Waals surface area contributed by atoms with Gasteiger partial charge in [0.15, 0.2) is 0 Å². The van der Waals surface area contributed by atoms with Crippen LogP contribution in [-0.2, 0) is 15.4 Å². The highest BCUT2D eigenvalue weighted by Crippen LogP contribution is 2.69. The zero-order valence-corrected chi connectivity index (χ0v) is 17.1. The number of hydrogen-bond acceptors (Lipinski definition) is 2. The molecule has 0 unspecified atom stereocenters. The van der Waals surface area contributed by atoms with Crippen LogP contribution in [0.4, 0.5) is 4.39 Å². The summed E-state index contributed by atoms with van der Waals surface area (Å²) in [6, 6.07) is 35.5. The normalized spacial score (nSPS) is 11.6. The fraction of sp³-hybridized carbons (Fsp3) is 0.0385. The summed E-state index contributed by atoms with van der Waals surface area (Å²) in [7, 11) is -2.28. The summed E-state index contributed by atoms with van der Waals surface area (Å²) < 4.78 is 19.6. The quantitative estimate of drug-likeness (QED) is 0.345. The summed E-state index contributed by atoms with van der Waals surface area (Å²) in [5, 5.41) is 0. The van der Waals surface area contributed by atoms with Crippen LogP contribution < -0.4 is 0 Å². The molecule has 0 saturated carbocycles. The molecule has 0 bridgehead atoms. The van der Waals surface area contributed by atoms with Crippen LogP contribution in [-0.4, -0.2) is 5.97 Å². The Morgan fingerprint density at radius 1 is 0.633 bits per heavy atom. The van der Waals surface area contributed by atoms with Gasteiger partial charge in [-0.3, -0.25) is 4.79 Å². The zero-order valence-electron chi connectivity index (χ0n) is 16.3. The van der Waals surface area contributed by atoms with Gasteiger partial charge in [0, 0.05) is 14.7 Å². The maximum Gasteiger partial charge on any atom is 0.321 e. The van der Waals surface area contributed by atoms with Gasteiger partial charge >= 0.3 is 5.97 Å². The number of benzene rings is 4. The Morgan fingerprint density at radius 2 is 1.03 bits per heavy atom. The van der Waals surface area contributed by atoms with E-state index in [9.17, 15) is 9.18 Å². The SMILES string of the molecule is O=C(Cc1ccc(F)cc1)OS(c1ccccc1)(c1ccccc1)c1ccccc1. The van der Waals surface area contributed by atoms with Gasteiger partial charge in [0.1, 0.15) is 5.82 Å². The van der Waals surface area contributed by atoms with Crippen molar-refractivity contribution in [3.63, 3.8) is 0 Å². The topological polar surface area (TPSA) is 26.3 Å². The van der Waals surface area contributed by atoms with E-state index < -0.39 is 10.3 Å². The lowest BCUT2D eigenvalue weighted by Gasteiger charge is -2.39. The highest BCUT2D eigenvalue weighted by molar-refractivity contribution is 8.30. The molecule has 2 nitrogen and oxygen atoms in total. The molecule has 0 aliphatic heterocycles. The molecule has 4 heteroatoms. The summed E-state index contributed by atoms with van der Waals surface area (Å²) >= 11 is 0. The van der Waals surface area contributed by atoms with Crippen LogP contribution in [0.5, 0.6) is 0 Å². The second-order valence-electron chi connectivity index (χ2n) is 6.75. The second-order valence-corrected chi connectivity index (χ2v) is 9.45. The van der Waals surface area contributed by atoms with Crippen molar-refractivity contribution in [2.24, 2.45) is 0 Å². The summed E-state index contributed by atoms with van der Waals surface area (Å²) in [6.07, 6.45) is 0.0710. The molecule has 30 heavy (non-hydrogen) atoms. The van der Waals surface area contributed by atoms with Crippen molar-refractivity contribution < 1.29 is 13.4 Å². The van der Waals surface area contributed by atoms with E-state index in [0.717, 1.165) is 14.7 Å². The molecule has 0 heterocycles. The largest absolute Gasteiger partial charge is 0.402 e. The summed E-state index contributed by atoms with van der Waals surface area (Å²) in [4.78, 5) is 16.0. The van der Waals surface area contributed by atoms with Crippen LogP contribution >= 0.6 is 10.3 Å². The first-order chi connectivity index (χ1) is 14.7. The van der Waals surface area contributed by atoms with E-state index in [0.29, 0.717) is 5.56 Å². The van der Waals surface area contributed by atoms with Crippen molar-refractivity contribution >= 4 is 16.3 Å². The zero-order chi connectivity index (χ0) is 20.8. The van der Waals surface area contributed by atoms with E-state index in [1.54, 1.807) is 12.1 Å². The number of rotatable bonds is 6. The molecule has 150 valence electrons. The smallest absolute Gasteiger partial charge is 0.321 e. The number of hydrogen-bond donors (Lipinski definition) is 0. The minimum atomic E-state index is -2.28. The standard InChI is InChI=1S/C26H21FO2S/c27-22-18-16-21(17-19-22)20-26(28)29-30(23-10-4-1-5-11-23,24-12-6-2-7-13-24)25-14-8-3-9-15-25/h1-19H,20H2. The van der Waals surface area contributed by atoms with Gasteiger partial charge in [-0.15, -0.1) is 0 Å². The average molecular weight is 417 g/mol.